The Morgan fingerprint density at radius 3 is 2.23 bits per heavy atom. The molecule has 0 bridgehead atoms. The molecule has 4 nitrogen and oxygen atoms in total. The molecule has 0 aromatic carbocycles. The van der Waals surface area contributed by atoms with Crippen LogP contribution in [0.2, 0.25) is 0 Å². The fourth-order valence-corrected chi connectivity index (χ4v) is 1.14. The van der Waals surface area contributed by atoms with Gasteiger partial charge in [0.1, 0.15) is 6.10 Å². The molecule has 80 valence electrons. The average molecular weight is 192 g/mol. The lowest BCUT2D eigenvalue weighted by atomic mass is 10.0. The molecule has 0 saturated heterocycles. The summed E-state index contributed by atoms with van der Waals surface area (Å²) >= 11 is 0. The first-order valence-electron chi connectivity index (χ1n) is 4.48. The molecule has 3 N–H and O–H groups in total. The molecule has 0 radical (unpaired) electrons. The Kier molecular flexibility index (Phi) is 5.48. The summed E-state index contributed by atoms with van der Waals surface area (Å²) in [6, 6.07) is 0. The molecule has 0 aromatic rings. The van der Waals surface area contributed by atoms with E-state index in [-0.39, 0.29) is 13.2 Å². The summed E-state index contributed by atoms with van der Waals surface area (Å²) < 4.78 is 5.32. The van der Waals surface area contributed by atoms with E-state index in [4.69, 9.17) is 20.1 Å². The lowest BCUT2D eigenvalue weighted by Crippen LogP contribution is -2.33. The maximum absolute atomic E-state index is 9.12. The van der Waals surface area contributed by atoms with Gasteiger partial charge >= 0.3 is 0 Å². The molecular formula is C9H20O4. The van der Waals surface area contributed by atoms with E-state index in [0.717, 1.165) is 0 Å². The van der Waals surface area contributed by atoms with Crippen molar-refractivity contribution in [2.75, 3.05) is 13.2 Å². The van der Waals surface area contributed by atoms with E-state index in [1.54, 1.807) is 6.92 Å². The second kappa shape index (κ2) is 5.54. The minimum atomic E-state index is -0.840. The van der Waals surface area contributed by atoms with Crippen LogP contribution in [0.4, 0.5) is 0 Å². The van der Waals surface area contributed by atoms with Crippen molar-refractivity contribution >= 4 is 0 Å². The summed E-state index contributed by atoms with van der Waals surface area (Å²) in [4.78, 5) is 0. The molecule has 13 heavy (non-hydrogen) atoms. The fraction of sp³-hybridized carbons (Fsp3) is 1.00. The highest BCUT2D eigenvalue weighted by molar-refractivity contribution is 4.72. The summed E-state index contributed by atoms with van der Waals surface area (Å²) in [5, 5.41) is 26.7. The Bertz CT molecular complexity index is 134. The maximum atomic E-state index is 9.12. The van der Waals surface area contributed by atoms with Crippen molar-refractivity contribution in [3.8, 4) is 0 Å². The van der Waals surface area contributed by atoms with Crippen molar-refractivity contribution < 1.29 is 20.1 Å². The van der Waals surface area contributed by atoms with Crippen LogP contribution in [-0.4, -0.2) is 46.3 Å². The van der Waals surface area contributed by atoms with Crippen LogP contribution in [0.15, 0.2) is 0 Å². The summed E-state index contributed by atoms with van der Waals surface area (Å²) in [7, 11) is 0. The lowest BCUT2D eigenvalue weighted by Gasteiger charge is -2.27. The summed E-state index contributed by atoms with van der Waals surface area (Å²) in [5.74, 6) is 0. The first-order valence-corrected chi connectivity index (χ1v) is 4.48. The molecule has 0 spiro atoms. The number of hydrogen-bond donors (Lipinski definition) is 3. The van der Waals surface area contributed by atoms with Crippen LogP contribution in [0.1, 0.15) is 27.2 Å². The molecule has 0 aliphatic heterocycles. The van der Waals surface area contributed by atoms with Crippen LogP contribution in [0.25, 0.3) is 0 Å². The normalized spacial score (nSPS) is 17.1. The highest BCUT2D eigenvalue weighted by atomic mass is 16.5. The third kappa shape index (κ3) is 6.95. The number of hydrogen-bond acceptors (Lipinski definition) is 4. The predicted molar refractivity (Wildman–Crippen MR) is 49.4 cm³/mol. The number of aliphatic hydroxyl groups excluding tert-OH is 3. The SMILES string of the molecule is CC(O)CC(C)(C)OCC(O)CO. The summed E-state index contributed by atoms with van der Waals surface area (Å²) in [6.45, 7) is 5.15. The zero-order valence-corrected chi connectivity index (χ0v) is 8.53. The fourth-order valence-electron chi connectivity index (χ4n) is 1.14. The molecule has 2 unspecified atom stereocenters. The first-order chi connectivity index (χ1) is 5.87. The topological polar surface area (TPSA) is 69.9 Å². The minimum Gasteiger partial charge on any atom is -0.394 e. The Balaban J connectivity index is 3.74. The van der Waals surface area contributed by atoms with Crippen molar-refractivity contribution in [1.29, 1.82) is 0 Å². The van der Waals surface area contributed by atoms with Gasteiger partial charge in [0, 0.05) is 6.42 Å². The second-order valence-electron chi connectivity index (χ2n) is 3.96. The van der Waals surface area contributed by atoms with Gasteiger partial charge in [0.15, 0.2) is 0 Å². The number of rotatable bonds is 6. The molecule has 0 amide bonds. The molecule has 4 heteroatoms. The zero-order chi connectivity index (χ0) is 10.5. The Hall–Kier alpha value is -0.160. The largest absolute Gasteiger partial charge is 0.394 e. The molecule has 0 rings (SSSR count). The van der Waals surface area contributed by atoms with Crippen LogP contribution < -0.4 is 0 Å². The first kappa shape index (κ1) is 12.8. The average Bonchev–Trinajstić information content (AvgIpc) is 1.98. The van der Waals surface area contributed by atoms with Crippen molar-refractivity contribution in [3.05, 3.63) is 0 Å². The van der Waals surface area contributed by atoms with Crippen molar-refractivity contribution in [3.63, 3.8) is 0 Å². The van der Waals surface area contributed by atoms with Crippen molar-refractivity contribution in [2.45, 2.75) is 45.0 Å². The third-order valence-corrected chi connectivity index (χ3v) is 1.66. The van der Waals surface area contributed by atoms with E-state index in [9.17, 15) is 0 Å². The van der Waals surface area contributed by atoms with Crippen molar-refractivity contribution in [1.82, 2.24) is 0 Å². The van der Waals surface area contributed by atoms with Gasteiger partial charge in [-0.25, -0.2) is 0 Å². The van der Waals surface area contributed by atoms with Gasteiger partial charge in [0.25, 0.3) is 0 Å². The summed E-state index contributed by atoms with van der Waals surface area (Å²) in [5.41, 5.74) is -0.468. The van der Waals surface area contributed by atoms with E-state index < -0.39 is 17.8 Å². The molecule has 0 aliphatic rings. The Labute approximate surface area is 79.2 Å². The van der Waals surface area contributed by atoms with E-state index in [0.29, 0.717) is 6.42 Å². The van der Waals surface area contributed by atoms with Gasteiger partial charge in [0.05, 0.1) is 24.9 Å². The minimum absolute atomic E-state index is 0.0935. The number of aliphatic hydroxyl groups is 3. The molecule has 0 fully saturated rings. The highest BCUT2D eigenvalue weighted by Gasteiger charge is 2.21. The van der Waals surface area contributed by atoms with Gasteiger partial charge in [-0.05, 0) is 20.8 Å². The molecular weight excluding hydrogens is 172 g/mol. The smallest absolute Gasteiger partial charge is 0.100 e. The highest BCUT2D eigenvalue weighted by Crippen LogP contribution is 2.16. The van der Waals surface area contributed by atoms with Gasteiger partial charge in [-0.1, -0.05) is 0 Å². The van der Waals surface area contributed by atoms with E-state index in [1.165, 1.54) is 0 Å². The lowest BCUT2D eigenvalue weighted by molar-refractivity contribution is -0.0865. The van der Waals surface area contributed by atoms with Crippen molar-refractivity contribution in [2.24, 2.45) is 0 Å². The maximum Gasteiger partial charge on any atom is 0.100 e. The van der Waals surface area contributed by atoms with Crippen LogP contribution >= 0.6 is 0 Å². The van der Waals surface area contributed by atoms with Gasteiger partial charge < -0.3 is 20.1 Å². The molecule has 0 aliphatic carbocycles. The van der Waals surface area contributed by atoms with E-state index in [2.05, 4.69) is 0 Å². The van der Waals surface area contributed by atoms with Crippen LogP contribution in [0.3, 0.4) is 0 Å². The van der Waals surface area contributed by atoms with Gasteiger partial charge in [0.2, 0.25) is 0 Å². The number of ether oxygens (including phenoxy) is 1. The monoisotopic (exact) mass is 192 g/mol. The molecule has 0 saturated carbocycles. The predicted octanol–water partition coefficient (Wildman–Crippen LogP) is -0.0943. The Morgan fingerprint density at radius 1 is 1.31 bits per heavy atom. The Morgan fingerprint density at radius 2 is 1.85 bits per heavy atom. The molecule has 2 atom stereocenters. The van der Waals surface area contributed by atoms with Gasteiger partial charge in [-0.3, -0.25) is 0 Å². The standard InChI is InChI=1S/C9H20O4/c1-7(11)4-9(2,3)13-6-8(12)5-10/h7-8,10-12H,4-6H2,1-3H3. The van der Waals surface area contributed by atoms with E-state index in [1.807, 2.05) is 13.8 Å². The third-order valence-electron chi connectivity index (χ3n) is 1.66. The quantitative estimate of drug-likeness (QED) is 0.550. The van der Waals surface area contributed by atoms with Gasteiger partial charge in [-0.2, -0.15) is 0 Å². The molecule has 0 heterocycles. The summed E-state index contributed by atoms with van der Waals surface area (Å²) in [6.07, 6.45) is -0.764. The van der Waals surface area contributed by atoms with Crippen LogP contribution in [0, 0.1) is 0 Å². The van der Waals surface area contributed by atoms with Gasteiger partial charge in [-0.15, -0.1) is 0 Å². The molecule has 0 aromatic heterocycles. The van der Waals surface area contributed by atoms with Crippen LogP contribution in [-0.2, 0) is 4.74 Å². The van der Waals surface area contributed by atoms with E-state index >= 15 is 0 Å². The van der Waals surface area contributed by atoms with Crippen LogP contribution in [0.5, 0.6) is 0 Å². The zero-order valence-electron chi connectivity index (χ0n) is 8.53. The second-order valence-corrected chi connectivity index (χ2v) is 3.96.